The number of nitrogen functional groups attached to an aromatic ring is 1. The molecule has 0 aliphatic carbocycles. The van der Waals surface area contributed by atoms with Crippen LogP contribution in [0.2, 0.25) is 0 Å². The molecule has 0 saturated heterocycles. The molecule has 2 heterocycles. The van der Waals surface area contributed by atoms with Crippen molar-refractivity contribution >= 4 is 17.5 Å². The highest BCUT2D eigenvalue weighted by Gasteiger charge is 2.31. The number of rotatable bonds is 5. The number of fused-ring (bicyclic) bond motifs is 1. The summed E-state index contributed by atoms with van der Waals surface area (Å²) in [6, 6.07) is 11.3. The van der Waals surface area contributed by atoms with Gasteiger partial charge in [0.2, 0.25) is 5.95 Å². The van der Waals surface area contributed by atoms with Crippen molar-refractivity contribution in [3.05, 3.63) is 86.8 Å². The quantitative estimate of drug-likeness (QED) is 0.463. The van der Waals surface area contributed by atoms with E-state index in [-0.39, 0.29) is 30.5 Å². The van der Waals surface area contributed by atoms with Gasteiger partial charge in [-0.15, -0.1) is 0 Å². The molecule has 1 aliphatic heterocycles. The maximum Gasteiger partial charge on any atom is 0.416 e. The van der Waals surface area contributed by atoms with E-state index in [1.54, 1.807) is 43.0 Å². The third-order valence-corrected chi connectivity index (χ3v) is 5.98. The number of amides is 1. The molecule has 0 unspecified atom stereocenters. The molecule has 0 saturated carbocycles. The number of nitrogens with two attached hydrogens (primary N) is 2. The number of halogens is 3. The Balaban J connectivity index is 1.61. The van der Waals surface area contributed by atoms with Gasteiger partial charge in [-0.05, 0) is 55.8 Å². The minimum atomic E-state index is -4.42. The predicted octanol–water partition coefficient (Wildman–Crippen LogP) is 3.31. The molecule has 190 valence electrons. The van der Waals surface area contributed by atoms with E-state index in [0.29, 0.717) is 41.0 Å². The van der Waals surface area contributed by atoms with Crippen molar-refractivity contribution in [2.24, 2.45) is 5.73 Å². The van der Waals surface area contributed by atoms with E-state index in [1.807, 2.05) is 0 Å². The predicted molar refractivity (Wildman–Crippen MR) is 130 cm³/mol. The average Bonchev–Trinajstić information content (AvgIpc) is 2.81. The number of hydrogen-bond acceptors (Lipinski definition) is 6. The molecule has 0 spiro atoms. The van der Waals surface area contributed by atoms with Crippen molar-refractivity contribution < 1.29 is 18.0 Å². The fraction of sp³-hybridized carbons (Fsp3) is 0.320. The van der Waals surface area contributed by atoms with E-state index in [1.165, 1.54) is 16.7 Å². The normalized spacial score (nSPS) is 13.9. The van der Waals surface area contributed by atoms with Crippen molar-refractivity contribution in [3.63, 3.8) is 0 Å². The van der Waals surface area contributed by atoms with Crippen molar-refractivity contribution in [1.29, 1.82) is 0 Å². The van der Waals surface area contributed by atoms with Gasteiger partial charge in [0.05, 0.1) is 29.0 Å². The zero-order valence-electron chi connectivity index (χ0n) is 19.9. The minimum Gasteiger partial charge on any atom is -0.399 e. The van der Waals surface area contributed by atoms with E-state index in [9.17, 15) is 22.8 Å². The number of hydrogen-bond donors (Lipinski definition) is 3. The Labute approximate surface area is 205 Å². The second-order valence-corrected chi connectivity index (χ2v) is 9.30. The first kappa shape index (κ1) is 25.2. The van der Waals surface area contributed by atoms with Crippen LogP contribution in [0, 0.1) is 0 Å². The summed E-state index contributed by atoms with van der Waals surface area (Å²) in [6.45, 7) is 3.88. The van der Waals surface area contributed by atoms with Crippen LogP contribution in [0.3, 0.4) is 0 Å². The lowest BCUT2D eigenvalue weighted by atomic mass is 10.0. The highest BCUT2D eigenvalue weighted by atomic mass is 19.4. The topological polar surface area (TPSA) is 119 Å². The number of aromatic nitrogens is 2. The van der Waals surface area contributed by atoms with Crippen molar-refractivity contribution in [1.82, 2.24) is 14.5 Å². The fourth-order valence-corrected chi connectivity index (χ4v) is 4.10. The van der Waals surface area contributed by atoms with Gasteiger partial charge in [-0.25, -0.2) is 4.98 Å². The van der Waals surface area contributed by atoms with Gasteiger partial charge < -0.3 is 21.7 Å². The number of nitrogens with one attached hydrogen (secondary N) is 1. The van der Waals surface area contributed by atoms with E-state index >= 15 is 0 Å². The molecule has 1 aromatic heterocycles. The van der Waals surface area contributed by atoms with Crippen LogP contribution in [-0.2, 0) is 31.3 Å². The maximum absolute atomic E-state index is 13.5. The molecule has 5 N–H and O–H groups in total. The Hall–Kier alpha value is -3.86. The van der Waals surface area contributed by atoms with Gasteiger partial charge in [-0.2, -0.15) is 13.2 Å². The lowest BCUT2D eigenvalue weighted by Gasteiger charge is -2.32. The largest absolute Gasteiger partial charge is 0.416 e. The molecule has 4 rings (SSSR count). The summed E-state index contributed by atoms with van der Waals surface area (Å²) in [5.41, 5.74) is 12.3. The van der Waals surface area contributed by atoms with Gasteiger partial charge in [0.15, 0.2) is 0 Å². The van der Waals surface area contributed by atoms with Crippen LogP contribution in [0.15, 0.2) is 53.3 Å². The average molecular weight is 501 g/mol. The van der Waals surface area contributed by atoms with Gasteiger partial charge in [0, 0.05) is 30.8 Å². The highest BCUT2D eigenvalue weighted by molar-refractivity contribution is 5.94. The molecule has 0 radical (unpaired) electrons. The van der Waals surface area contributed by atoms with E-state index < -0.39 is 17.4 Å². The standard InChI is InChI=1S/C25H27F3N6O2/c1-24(2,30)34-22(36)19-14-33(21(35)16-5-9-18(29)10-6-16)12-11-20(19)32-23(34)31-13-15-3-7-17(8-4-15)25(26,27)28/h3-10H,11-14,29-30H2,1-2H3,(H,31,32). The number of benzene rings is 2. The van der Waals surface area contributed by atoms with Crippen molar-refractivity contribution in [2.75, 3.05) is 17.6 Å². The molecule has 0 fully saturated rings. The molecule has 1 amide bonds. The lowest BCUT2D eigenvalue weighted by molar-refractivity contribution is -0.137. The van der Waals surface area contributed by atoms with Crippen LogP contribution >= 0.6 is 0 Å². The van der Waals surface area contributed by atoms with E-state index in [4.69, 9.17) is 11.5 Å². The van der Waals surface area contributed by atoms with E-state index in [2.05, 4.69) is 10.3 Å². The zero-order chi connectivity index (χ0) is 26.3. The number of carbonyl (C=O) groups is 1. The minimum absolute atomic E-state index is 0.0830. The molecule has 11 heteroatoms. The molecular weight excluding hydrogens is 473 g/mol. The highest BCUT2D eigenvalue weighted by Crippen LogP contribution is 2.29. The van der Waals surface area contributed by atoms with Gasteiger partial charge in [0.25, 0.3) is 11.5 Å². The summed E-state index contributed by atoms with van der Waals surface area (Å²) >= 11 is 0. The first-order valence-electron chi connectivity index (χ1n) is 11.3. The summed E-state index contributed by atoms with van der Waals surface area (Å²) in [6.07, 6.45) is -4.05. The zero-order valence-corrected chi connectivity index (χ0v) is 19.9. The number of nitrogens with zero attached hydrogens (tertiary/aromatic N) is 3. The summed E-state index contributed by atoms with van der Waals surface area (Å²) in [5, 5.41) is 3.05. The van der Waals surface area contributed by atoms with Crippen LogP contribution in [0.25, 0.3) is 0 Å². The molecule has 8 nitrogen and oxygen atoms in total. The van der Waals surface area contributed by atoms with Crippen molar-refractivity contribution in [3.8, 4) is 0 Å². The lowest BCUT2D eigenvalue weighted by Crippen LogP contribution is -2.49. The van der Waals surface area contributed by atoms with Crippen LogP contribution in [0.5, 0.6) is 0 Å². The van der Waals surface area contributed by atoms with Gasteiger partial charge in [-0.3, -0.25) is 14.2 Å². The van der Waals surface area contributed by atoms with Crippen molar-refractivity contribution in [2.45, 2.75) is 45.2 Å². The molecule has 2 aromatic carbocycles. The third-order valence-electron chi connectivity index (χ3n) is 5.98. The first-order chi connectivity index (χ1) is 16.8. The molecule has 3 aromatic rings. The van der Waals surface area contributed by atoms with E-state index in [0.717, 1.165) is 12.1 Å². The van der Waals surface area contributed by atoms with Crippen LogP contribution in [0.4, 0.5) is 24.8 Å². The number of anilines is 2. The SMILES string of the molecule is CC(C)(N)n1c(NCc2ccc(C(F)(F)F)cc2)nc2c(c1=O)CN(C(=O)c1ccc(N)cc1)CC2. The summed E-state index contributed by atoms with van der Waals surface area (Å²) in [5.74, 6) is -0.00688. The Morgan fingerprint density at radius 3 is 2.31 bits per heavy atom. The maximum atomic E-state index is 13.5. The molecule has 0 atom stereocenters. The summed E-state index contributed by atoms with van der Waals surface area (Å²) < 4.78 is 39.8. The second kappa shape index (κ2) is 9.30. The molecule has 1 aliphatic rings. The molecular formula is C25H27F3N6O2. The number of carbonyl (C=O) groups excluding carboxylic acids is 1. The van der Waals surface area contributed by atoms with Crippen LogP contribution < -0.4 is 22.3 Å². The van der Waals surface area contributed by atoms with Gasteiger partial charge >= 0.3 is 6.18 Å². The monoisotopic (exact) mass is 500 g/mol. The van der Waals surface area contributed by atoms with Gasteiger partial charge in [-0.1, -0.05) is 12.1 Å². The summed E-state index contributed by atoms with van der Waals surface area (Å²) in [4.78, 5) is 32.7. The second-order valence-electron chi connectivity index (χ2n) is 9.30. The van der Waals surface area contributed by atoms with Crippen LogP contribution in [0.1, 0.15) is 46.6 Å². The third kappa shape index (κ3) is 5.20. The molecule has 36 heavy (non-hydrogen) atoms. The van der Waals surface area contributed by atoms with Crippen LogP contribution in [-0.4, -0.2) is 26.9 Å². The Morgan fingerprint density at radius 2 is 1.72 bits per heavy atom. The fourth-order valence-electron chi connectivity index (χ4n) is 4.10. The Morgan fingerprint density at radius 1 is 1.08 bits per heavy atom. The molecule has 0 bridgehead atoms. The number of alkyl halides is 3. The van der Waals surface area contributed by atoms with Gasteiger partial charge in [0.1, 0.15) is 0 Å². The smallest absolute Gasteiger partial charge is 0.399 e. The Bertz CT molecular complexity index is 1330. The first-order valence-corrected chi connectivity index (χ1v) is 11.3. The summed E-state index contributed by atoms with van der Waals surface area (Å²) in [7, 11) is 0. The Kier molecular flexibility index (Phi) is 6.52.